The number of carbonyl (C=O) groups excluding carboxylic acids is 2. The first-order chi connectivity index (χ1) is 16.1. The summed E-state index contributed by atoms with van der Waals surface area (Å²) >= 11 is 0. The van der Waals surface area contributed by atoms with Gasteiger partial charge in [0.15, 0.2) is 0 Å². The van der Waals surface area contributed by atoms with Crippen molar-refractivity contribution in [2.45, 2.75) is 24.7 Å². The molecule has 3 aromatic carbocycles. The van der Waals surface area contributed by atoms with Crippen LogP contribution in [0, 0.1) is 0 Å². The Kier molecular flexibility index (Phi) is 5.63. The van der Waals surface area contributed by atoms with Gasteiger partial charge in [0.2, 0.25) is 11.8 Å². The van der Waals surface area contributed by atoms with E-state index in [0.717, 1.165) is 29.0 Å². The molecule has 2 aliphatic rings. The number of fused-ring (bicyclic) bond motifs is 2. The van der Waals surface area contributed by atoms with Crippen molar-refractivity contribution in [1.82, 2.24) is 4.90 Å². The molecule has 1 fully saturated rings. The molecule has 5 heteroatoms. The van der Waals surface area contributed by atoms with E-state index in [1.165, 1.54) is 5.56 Å². The summed E-state index contributed by atoms with van der Waals surface area (Å²) in [6.45, 7) is 1.68. The van der Waals surface area contributed by atoms with Gasteiger partial charge in [0, 0.05) is 25.3 Å². The molecule has 5 nitrogen and oxygen atoms in total. The van der Waals surface area contributed by atoms with E-state index in [9.17, 15) is 9.59 Å². The second-order valence-electron chi connectivity index (χ2n) is 8.88. The highest BCUT2D eigenvalue weighted by Crippen LogP contribution is 2.47. The van der Waals surface area contributed by atoms with E-state index in [2.05, 4.69) is 18.2 Å². The van der Waals surface area contributed by atoms with Crippen molar-refractivity contribution < 1.29 is 14.3 Å². The van der Waals surface area contributed by atoms with E-state index < -0.39 is 5.41 Å². The molecule has 1 spiro atoms. The van der Waals surface area contributed by atoms with Crippen LogP contribution >= 0.6 is 0 Å². The quantitative estimate of drug-likeness (QED) is 0.582. The third kappa shape index (κ3) is 3.88. The molecule has 168 valence electrons. The molecular formula is C28H28N2O3. The van der Waals surface area contributed by atoms with Gasteiger partial charge in [-0.25, -0.2) is 0 Å². The number of nitrogens with zero attached hydrogens (tertiary/aromatic N) is 2. The van der Waals surface area contributed by atoms with Crippen LogP contribution in [0.5, 0.6) is 5.75 Å². The highest BCUT2D eigenvalue weighted by Gasteiger charge is 2.54. The molecule has 0 aromatic heterocycles. The van der Waals surface area contributed by atoms with Crippen LogP contribution in [0.3, 0.4) is 0 Å². The average Bonchev–Trinajstić information content (AvgIpc) is 3.41. The van der Waals surface area contributed by atoms with Gasteiger partial charge >= 0.3 is 0 Å². The summed E-state index contributed by atoms with van der Waals surface area (Å²) in [6.07, 6.45) is 1.80. The van der Waals surface area contributed by atoms with Gasteiger partial charge in [-0.2, -0.15) is 0 Å². The highest BCUT2D eigenvalue weighted by molar-refractivity contribution is 6.09. The fourth-order valence-electron chi connectivity index (χ4n) is 5.15. The lowest BCUT2D eigenvalue weighted by molar-refractivity contribution is -0.130. The number of amides is 2. The van der Waals surface area contributed by atoms with Crippen LogP contribution in [0.1, 0.15) is 23.1 Å². The van der Waals surface area contributed by atoms with Crippen LogP contribution in [0.15, 0.2) is 78.9 Å². The van der Waals surface area contributed by atoms with Crippen molar-refractivity contribution in [3.63, 3.8) is 0 Å². The summed E-state index contributed by atoms with van der Waals surface area (Å²) in [4.78, 5) is 30.7. The number of rotatable bonds is 6. The first-order valence-electron chi connectivity index (χ1n) is 11.5. The number of hydrogen-bond donors (Lipinski definition) is 0. The Bertz CT molecular complexity index is 1160. The molecule has 5 rings (SSSR count). The molecule has 0 aliphatic carbocycles. The van der Waals surface area contributed by atoms with E-state index in [4.69, 9.17) is 4.74 Å². The second-order valence-corrected chi connectivity index (χ2v) is 8.88. The Morgan fingerprint density at radius 1 is 0.939 bits per heavy atom. The molecule has 2 amide bonds. The lowest BCUT2D eigenvalue weighted by Gasteiger charge is -2.25. The van der Waals surface area contributed by atoms with Crippen LogP contribution < -0.4 is 9.64 Å². The van der Waals surface area contributed by atoms with Crippen LogP contribution in [0.4, 0.5) is 5.69 Å². The van der Waals surface area contributed by atoms with Crippen molar-refractivity contribution in [3.8, 4) is 5.75 Å². The van der Waals surface area contributed by atoms with Gasteiger partial charge in [-0.05, 0) is 47.7 Å². The summed E-state index contributed by atoms with van der Waals surface area (Å²) in [5, 5.41) is 0. The first-order valence-corrected chi connectivity index (χ1v) is 11.5. The minimum atomic E-state index is -0.636. The third-order valence-electron chi connectivity index (χ3n) is 6.97. The van der Waals surface area contributed by atoms with Crippen molar-refractivity contribution in [1.29, 1.82) is 0 Å². The normalized spacial score (nSPS) is 19.2. The smallest absolute Gasteiger partial charge is 0.239 e. The minimum absolute atomic E-state index is 0.0602. The van der Waals surface area contributed by atoms with E-state index in [1.807, 2.05) is 70.5 Å². The van der Waals surface area contributed by atoms with Crippen molar-refractivity contribution in [2.24, 2.45) is 0 Å². The molecule has 0 saturated carbocycles. The molecule has 3 aromatic rings. The lowest BCUT2D eigenvalue weighted by atomic mass is 9.81. The van der Waals surface area contributed by atoms with E-state index in [-0.39, 0.29) is 11.8 Å². The Labute approximate surface area is 194 Å². The summed E-state index contributed by atoms with van der Waals surface area (Å²) in [5.74, 6) is 0.958. The molecular weight excluding hydrogens is 412 g/mol. The summed E-state index contributed by atoms with van der Waals surface area (Å²) < 4.78 is 5.20. The van der Waals surface area contributed by atoms with Crippen molar-refractivity contribution in [3.05, 3.63) is 95.6 Å². The van der Waals surface area contributed by atoms with Gasteiger partial charge in [-0.15, -0.1) is 0 Å². The zero-order chi connectivity index (χ0) is 22.8. The molecule has 2 heterocycles. The van der Waals surface area contributed by atoms with Crippen LogP contribution in [-0.4, -0.2) is 43.5 Å². The number of benzene rings is 3. The SMILES string of the molecule is COc1ccc(CC(=O)N2CCC3(C2)C(=O)N(CCc2ccccc2)c2ccccc23)cc1. The number of carbonyl (C=O) groups is 2. The third-order valence-corrected chi connectivity index (χ3v) is 6.97. The number of likely N-dealkylation sites (tertiary alicyclic amines) is 1. The molecule has 0 radical (unpaired) electrons. The minimum Gasteiger partial charge on any atom is -0.497 e. The number of para-hydroxylation sites is 1. The number of anilines is 1. The van der Waals surface area contributed by atoms with Crippen molar-refractivity contribution >= 4 is 17.5 Å². The standard InChI is InChI=1S/C28H28N2O3/c1-33-23-13-11-22(12-14-23)19-26(31)29-18-16-28(20-29)24-9-5-6-10-25(24)30(27(28)32)17-15-21-7-3-2-4-8-21/h2-14H,15-20H2,1H3. The van der Waals surface area contributed by atoms with Gasteiger partial charge in [-0.3, -0.25) is 9.59 Å². The van der Waals surface area contributed by atoms with Crippen LogP contribution in [0.2, 0.25) is 0 Å². The zero-order valence-corrected chi connectivity index (χ0v) is 18.9. The molecule has 1 atom stereocenters. The Morgan fingerprint density at radius 2 is 1.67 bits per heavy atom. The Hall–Kier alpha value is -3.60. The molecule has 2 aliphatic heterocycles. The maximum atomic E-state index is 13.8. The summed E-state index contributed by atoms with van der Waals surface area (Å²) in [7, 11) is 1.63. The monoisotopic (exact) mass is 440 g/mol. The maximum Gasteiger partial charge on any atom is 0.239 e. The summed E-state index contributed by atoms with van der Waals surface area (Å²) in [5.41, 5.74) is 3.57. The van der Waals surface area contributed by atoms with Gasteiger partial charge in [0.1, 0.15) is 5.75 Å². The predicted octanol–water partition coefficient (Wildman–Crippen LogP) is 4.00. The van der Waals surface area contributed by atoms with Gasteiger partial charge < -0.3 is 14.5 Å². The number of hydrogen-bond acceptors (Lipinski definition) is 3. The largest absolute Gasteiger partial charge is 0.497 e. The molecule has 1 unspecified atom stereocenters. The van der Waals surface area contributed by atoms with E-state index in [0.29, 0.717) is 32.5 Å². The maximum absolute atomic E-state index is 13.8. The van der Waals surface area contributed by atoms with Gasteiger partial charge in [0.05, 0.1) is 18.9 Å². The molecule has 0 bridgehead atoms. The molecule has 0 N–H and O–H groups in total. The number of ether oxygens (including phenoxy) is 1. The highest BCUT2D eigenvalue weighted by atomic mass is 16.5. The topological polar surface area (TPSA) is 49.9 Å². The van der Waals surface area contributed by atoms with E-state index in [1.54, 1.807) is 7.11 Å². The predicted molar refractivity (Wildman–Crippen MR) is 129 cm³/mol. The van der Waals surface area contributed by atoms with Gasteiger partial charge in [-0.1, -0.05) is 60.7 Å². The Balaban J connectivity index is 1.33. The molecule has 33 heavy (non-hydrogen) atoms. The average molecular weight is 441 g/mol. The van der Waals surface area contributed by atoms with E-state index >= 15 is 0 Å². The first kappa shape index (κ1) is 21.3. The Morgan fingerprint density at radius 3 is 2.42 bits per heavy atom. The fraction of sp³-hybridized carbons (Fsp3) is 0.286. The number of methoxy groups -OCH3 is 1. The van der Waals surface area contributed by atoms with Gasteiger partial charge in [0.25, 0.3) is 0 Å². The van der Waals surface area contributed by atoms with Crippen LogP contribution in [-0.2, 0) is 27.8 Å². The summed E-state index contributed by atoms with van der Waals surface area (Å²) in [6, 6.07) is 25.9. The second kappa shape index (κ2) is 8.74. The molecule has 1 saturated heterocycles. The van der Waals surface area contributed by atoms with Crippen molar-refractivity contribution in [2.75, 3.05) is 31.6 Å². The lowest BCUT2D eigenvalue weighted by Crippen LogP contribution is -2.44. The van der Waals surface area contributed by atoms with Crippen LogP contribution in [0.25, 0.3) is 0 Å². The fourth-order valence-corrected chi connectivity index (χ4v) is 5.15. The zero-order valence-electron chi connectivity index (χ0n) is 18.9.